The van der Waals surface area contributed by atoms with Crippen molar-refractivity contribution in [2.45, 2.75) is 86.3 Å². The highest BCUT2D eigenvalue weighted by molar-refractivity contribution is 5.82. The summed E-state index contributed by atoms with van der Waals surface area (Å²) >= 11 is 0. The Morgan fingerprint density at radius 2 is 1.93 bits per heavy atom. The van der Waals surface area contributed by atoms with Gasteiger partial charge in [-0.1, -0.05) is 67.0 Å². The lowest BCUT2D eigenvalue weighted by molar-refractivity contribution is -0.163. The smallest absolute Gasteiger partial charge is 0.330 e. The van der Waals surface area contributed by atoms with Gasteiger partial charge in [0.15, 0.2) is 0 Å². The molecule has 29 heavy (non-hydrogen) atoms. The van der Waals surface area contributed by atoms with E-state index in [1.807, 2.05) is 18.2 Å². The normalized spacial score (nSPS) is 24.1. The monoisotopic (exact) mass is 398 g/mol. The Labute approximate surface area is 176 Å². The van der Waals surface area contributed by atoms with Gasteiger partial charge in [0.25, 0.3) is 0 Å². The zero-order valence-corrected chi connectivity index (χ0v) is 19.2. The molecule has 0 radical (unpaired) electrons. The first-order chi connectivity index (χ1) is 13.6. The number of imidazole rings is 1. The predicted molar refractivity (Wildman–Crippen MR) is 119 cm³/mol. The quantitative estimate of drug-likeness (QED) is 0.564. The Hall–Kier alpha value is -1.84. The average molecular weight is 399 g/mol. The molecular weight excluding hydrogens is 360 g/mol. The van der Waals surface area contributed by atoms with Crippen LogP contribution in [-0.2, 0) is 16.0 Å². The SMILES string of the molecule is CCc1nc2ccccc2n1[C@@H](C(=O)O[C@@H]1C[C@H](C)CC[C@H]1C(C)C)C(C)(C)C. The molecule has 1 saturated carbocycles. The number of carbonyl (C=O) groups excluding carboxylic acids is 1. The molecule has 4 heteroatoms. The second-order valence-electron chi connectivity index (χ2n) is 10.3. The summed E-state index contributed by atoms with van der Waals surface area (Å²) in [6.45, 7) is 15.2. The van der Waals surface area contributed by atoms with E-state index in [0.29, 0.717) is 17.8 Å². The van der Waals surface area contributed by atoms with Gasteiger partial charge in [0.2, 0.25) is 0 Å². The van der Waals surface area contributed by atoms with E-state index in [4.69, 9.17) is 9.72 Å². The summed E-state index contributed by atoms with van der Waals surface area (Å²) in [7, 11) is 0. The van der Waals surface area contributed by atoms with Gasteiger partial charge in [0.1, 0.15) is 18.0 Å². The van der Waals surface area contributed by atoms with Gasteiger partial charge in [-0.3, -0.25) is 0 Å². The highest BCUT2D eigenvalue weighted by atomic mass is 16.5. The third kappa shape index (κ3) is 4.51. The first kappa shape index (κ1) is 21.9. The van der Waals surface area contributed by atoms with Crippen LogP contribution in [-0.4, -0.2) is 21.6 Å². The molecule has 1 aromatic carbocycles. The number of para-hydroxylation sites is 2. The van der Waals surface area contributed by atoms with Crippen molar-refractivity contribution in [2.24, 2.45) is 23.2 Å². The number of aryl methyl sites for hydroxylation is 1. The van der Waals surface area contributed by atoms with Crippen LogP contribution in [0, 0.1) is 23.2 Å². The van der Waals surface area contributed by atoms with E-state index >= 15 is 0 Å². The van der Waals surface area contributed by atoms with Crippen LogP contribution in [0.2, 0.25) is 0 Å². The van der Waals surface area contributed by atoms with Crippen molar-refractivity contribution in [2.75, 3.05) is 0 Å². The number of ether oxygens (including phenoxy) is 1. The zero-order chi connectivity index (χ0) is 21.3. The van der Waals surface area contributed by atoms with Crippen molar-refractivity contribution in [1.82, 2.24) is 9.55 Å². The molecule has 0 N–H and O–H groups in total. The van der Waals surface area contributed by atoms with Gasteiger partial charge >= 0.3 is 5.97 Å². The molecule has 1 aliphatic rings. The van der Waals surface area contributed by atoms with Crippen LogP contribution in [0.3, 0.4) is 0 Å². The Balaban J connectivity index is 1.99. The minimum atomic E-state index is -0.394. The van der Waals surface area contributed by atoms with Crippen LogP contribution in [0.15, 0.2) is 24.3 Å². The lowest BCUT2D eigenvalue weighted by atomic mass is 9.75. The van der Waals surface area contributed by atoms with E-state index in [-0.39, 0.29) is 17.5 Å². The number of esters is 1. The van der Waals surface area contributed by atoms with Crippen LogP contribution in [0.25, 0.3) is 11.0 Å². The van der Waals surface area contributed by atoms with Gasteiger partial charge in [0.05, 0.1) is 11.0 Å². The van der Waals surface area contributed by atoms with Crippen LogP contribution in [0.4, 0.5) is 0 Å². The summed E-state index contributed by atoms with van der Waals surface area (Å²) in [5, 5.41) is 0. The third-order valence-electron chi connectivity index (χ3n) is 6.52. The maximum absolute atomic E-state index is 13.7. The summed E-state index contributed by atoms with van der Waals surface area (Å²) in [6.07, 6.45) is 4.13. The fraction of sp³-hybridized carbons (Fsp3) is 0.680. The maximum atomic E-state index is 13.7. The molecule has 0 amide bonds. The number of hydrogen-bond donors (Lipinski definition) is 0. The van der Waals surface area contributed by atoms with Crippen molar-refractivity contribution >= 4 is 17.0 Å². The average Bonchev–Trinajstić information content (AvgIpc) is 2.99. The highest BCUT2D eigenvalue weighted by Crippen LogP contribution is 2.39. The molecule has 0 saturated heterocycles. The van der Waals surface area contributed by atoms with Crippen LogP contribution in [0.5, 0.6) is 0 Å². The van der Waals surface area contributed by atoms with Crippen molar-refractivity contribution in [3.63, 3.8) is 0 Å². The van der Waals surface area contributed by atoms with Gasteiger partial charge in [0, 0.05) is 6.42 Å². The van der Waals surface area contributed by atoms with E-state index < -0.39 is 6.04 Å². The molecule has 3 rings (SSSR count). The van der Waals surface area contributed by atoms with Gasteiger partial charge in [-0.15, -0.1) is 0 Å². The predicted octanol–water partition coefficient (Wildman–Crippen LogP) is 6.19. The van der Waals surface area contributed by atoms with Gasteiger partial charge in [-0.2, -0.15) is 0 Å². The summed E-state index contributed by atoms with van der Waals surface area (Å²) in [5.74, 6) is 2.41. The van der Waals surface area contributed by atoms with Crippen molar-refractivity contribution in [3.8, 4) is 0 Å². The maximum Gasteiger partial charge on any atom is 0.330 e. The minimum Gasteiger partial charge on any atom is -0.461 e. The molecule has 1 heterocycles. The van der Waals surface area contributed by atoms with Crippen molar-refractivity contribution < 1.29 is 9.53 Å². The summed E-state index contributed by atoms with van der Waals surface area (Å²) in [6, 6.07) is 7.71. The number of fused-ring (bicyclic) bond motifs is 1. The Bertz CT molecular complexity index is 846. The Kier molecular flexibility index (Phi) is 6.40. The minimum absolute atomic E-state index is 0.0102. The molecule has 160 valence electrons. The number of nitrogens with zero attached hydrogens (tertiary/aromatic N) is 2. The molecule has 2 aromatic rings. The zero-order valence-electron chi connectivity index (χ0n) is 19.2. The van der Waals surface area contributed by atoms with E-state index in [1.54, 1.807) is 0 Å². The van der Waals surface area contributed by atoms with Gasteiger partial charge in [-0.25, -0.2) is 9.78 Å². The van der Waals surface area contributed by atoms with Crippen LogP contribution < -0.4 is 0 Å². The summed E-state index contributed by atoms with van der Waals surface area (Å²) in [4.78, 5) is 18.5. The second kappa shape index (κ2) is 8.49. The number of aromatic nitrogens is 2. The van der Waals surface area contributed by atoms with Crippen LogP contribution >= 0.6 is 0 Å². The fourth-order valence-electron chi connectivity index (χ4n) is 4.94. The lowest BCUT2D eigenvalue weighted by Gasteiger charge is -2.39. The fourth-order valence-corrected chi connectivity index (χ4v) is 4.94. The number of rotatable bonds is 5. The Morgan fingerprint density at radius 3 is 2.55 bits per heavy atom. The highest BCUT2D eigenvalue weighted by Gasteiger charge is 2.40. The molecular formula is C25H38N2O2. The standard InChI is InChI=1S/C25H38N2O2/c1-8-22-26-19-11-9-10-12-20(19)27(22)23(25(5,6)7)24(28)29-21-15-17(4)13-14-18(21)16(2)3/h9-12,16-18,21,23H,8,13-15H2,1-7H3/t17-,18+,21-,23+/m1/s1. The number of hydrogen-bond acceptors (Lipinski definition) is 3. The molecule has 0 unspecified atom stereocenters. The van der Waals surface area contributed by atoms with Gasteiger partial charge in [-0.05, 0) is 48.1 Å². The molecule has 0 bridgehead atoms. The van der Waals surface area contributed by atoms with E-state index in [2.05, 4.69) is 59.1 Å². The van der Waals surface area contributed by atoms with E-state index in [0.717, 1.165) is 36.1 Å². The molecule has 1 fully saturated rings. The summed E-state index contributed by atoms with van der Waals surface area (Å²) in [5.41, 5.74) is 1.68. The number of benzene rings is 1. The third-order valence-corrected chi connectivity index (χ3v) is 6.52. The van der Waals surface area contributed by atoms with E-state index in [1.165, 1.54) is 6.42 Å². The molecule has 4 atom stereocenters. The second-order valence-corrected chi connectivity index (χ2v) is 10.3. The lowest BCUT2D eigenvalue weighted by Crippen LogP contribution is -2.40. The molecule has 0 spiro atoms. The first-order valence-corrected chi connectivity index (χ1v) is 11.3. The first-order valence-electron chi connectivity index (χ1n) is 11.3. The molecule has 1 aromatic heterocycles. The van der Waals surface area contributed by atoms with Crippen molar-refractivity contribution in [1.29, 1.82) is 0 Å². The van der Waals surface area contributed by atoms with E-state index in [9.17, 15) is 4.79 Å². The van der Waals surface area contributed by atoms with Crippen LogP contribution in [0.1, 0.15) is 79.6 Å². The summed E-state index contributed by atoms with van der Waals surface area (Å²) < 4.78 is 8.44. The molecule has 4 nitrogen and oxygen atoms in total. The van der Waals surface area contributed by atoms with Gasteiger partial charge < -0.3 is 9.30 Å². The van der Waals surface area contributed by atoms with Crippen molar-refractivity contribution in [3.05, 3.63) is 30.1 Å². The molecule has 1 aliphatic carbocycles. The number of carbonyl (C=O) groups is 1. The topological polar surface area (TPSA) is 44.1 Å². The Morgan fingerprint density at radius 1 is 1.24 bits per heavy atom. The molecule has 0 aliphatic heterocycles. The largest absolute Gasteiger partial charge is 0.461 e.